The molecule has 1 heterocycles. The normalized spacial score (nSPS) is 10.3. The number of rotatable bonds is 1. The van der Waals surface area contributed by atoms with Gasteiger partial charge in [0.2, 0.25) is 12.0 Å². The van der Waals surface area contributed by atoms with E-state index >= 15 is 0 Å². The molecule has 15 heavy (non-hydrogen) atoms. The van der Waals surface area contributed by atoms with Gasteiger partial charge in [-0.2, -0.15) is 4.39 Å². The fourth-order valence-electron chi connectivity index (χ4n) is 1.32. The van der Waals surface area contributed by atoms with Gasteiger partial charge in [0.15, 0.2) is 0 Å². The molecule has 0 unspecified atom stereocenters. The van der Waals surface area contributed by atoms with Gasteiger partial charge in [-0.1, -0.05) is 30.3 Å². The zero-order valence-electron chi connectivity index (χ0n) is 7.69. The van der Waals surface area contributed by atoms with Crippen LogP contribution in [0.4, 0.5) is 4.39 Å². The summed E-state index contributed by atoms with van der Waals surface area (Å²) in [4.78, 5) is 0. The maximum atomic E-state index is 13.3. The number of halogens is 2. The number of hydrogen-bond donors (Lipinski definition) is 1. The minimum atomic E-state index is -0.431. The highest BCUT2D eigenvalue weighted by atomic mass is 127. The van der Waals surface area contributed by atoms with Crippen LogP contribution in [0.5, 0.6) is 0 Å². The Kier molecular flexibility index (Phi) is 2.86. The summed E-state index contributed by atoms with van der Waals surface area (Å²) in [6, 6.07) is 10.8. The van der Waals surface area contributed by atoms with Gasteiger partial charge in [-0.25, -0.2) is 0 Å². The van der Waals surface area contributed by atoms with Gasteiger partial charge < -0.3 is 0 Å². The minimum Gasteiger partial charge on any atom is -0.284 e. The lowest BCUT2D eigenvalue weighted by Gasteiger charge is -1.99. The van der Waals surface area contributed by atoms with E-state index < -0.39 is 5.82 Å². The van der Waals surface area contributed by atoms with E-state index in [4.69, 9.17) is 0 Å². The Bertz CT molecular complexity index is 464. The van der Waals surface area contributed by atoms with E-state index in [1.165, 1.54) is 12.3 Å². The standard InChI is InChI=1S/C11H8FINO/c12-10-6-9(7-14(15)11(10)13)8-4-2-1-3-5-8/h1-7,15H/q+1. The van der Waals surface area contributed by atoms with Crippen LogP contribution in [0.2, 0.25) is 0 Å². The van der Waals surface area contributed by atoms with Crippen LogP contribution < -0.4 is 4.73 Å². The van der Waals surface area contributed by atoms with Crippen LogP contribution in [-0.2, 0) is 0 Å². The highest BCUT2D eigenvalue weighted by molar-refractivity contribution is 14.1. The predicted octanol–water partition coefficient (Wildman–Crippen LogP) is 2.62. The summed E-state index contributed by atoms with van der Waals surface area (Å²) in [5, 5.41) is 9.41. The van der Waals surface area contributed by atoms with Crippen LogP contribution in [0.15, 0.2) is 42.6 Å². The van der Waals surface area contributed by atoms with Gasteiger partial charge in [0.05, 0.1) is 5.56 Å². The average Bonchev–Trinajstić information content (AvgIpc) is 2.26. The van der Waals surface area contributed by atoms with Crippen LogP contribution in [0, 0.1) is 9.52 Å². The zero-order valence-corrected chi connectivity index (χ0v) is 9.85. The maximum Gasteiger partial charge on any atom is 0.327 e. The van der Waals surface area contributed by atoms with Crippen LogP contribution in [0.1, 0.15) is 0 Å². The van der Waals surface area contributed by atoms with Gasteiger partial charge in [0.1, 0.15) is 0 Å². The third-order valence-corrected chi connectivity index (χ3v) is 3.06. The van der Waals surface area contributed by atoms with Crippen LogP contribution in [0.25, 0.3) is 11.1 Å². The number of hydrogen-bond acceptors (Lipinski definition) is 1. The van der Waals surface area contributed by atoms with Crippen molar-refractivity contribution in [3.05, 3.63) is 52.1 Å². The quantitative estimate of drug-likeness (QED) is 0.372. The molecule has 1 aromatic heterocycles. The van der Waals surface area contributed by atoms with Crippen LogP contribution in [-0.4, -0.2) is 5.21 Å². The molecule has 2 aromatic rings. The van der Waals surface area contributed by atoms with Crippen molar-refractivity contribution in [2.45, 2.75) is 0 Å². The highest BCUT2D eigenvalue weighted by Crippen LogP contribution is 2.19. The van der Waals surface area contributed by atoms with Gasteiger partial charge in [0, 0.05) is 27.3 Å². The molecule has 0 fully saturated rings. The van der Waals surface area contributed by atoms with Gasteiger partial charge >= 0.3 is 3.70 Å². The smallest absolute Gasteiger partial charge is 0.284 e. The molecule has 0 saturated heterocycles. The first-order valence-electron chi connectivity index (χ1n) is 4.34. The zero-order chi connectivity index (χ0) is 10.8. The first kappa shape index (κ1) is 10.4. The molecule has 0 aliphatic heterocycles. The Hall–Kier alpha value is -1.17. The third-order valence-electron chi connectivity index (χ3n) is 2.05. The Morgan fingerprint density at radius 2 is 1.80 bits per heavy atom. The number of nitrogens with zero attached hydrogens (tertiary/aromatic N) is 1. The number of aromatic nitrogens is 1. The van der Waals surface area contributed by atoms with E-state index in [-0.39, 0.29) is 3.70 Å². The molecular formula is C11H8FINO+. The Morgan fingerprint density at radius 3 is 2.40 bits per heavy atom. The molecule has 1 aromatic carbocycles. The van der Waals surface area contributed by atoms with Gasteiger partial charge in [-0.05, 0) is 11.6 Å². The molecule has 0 atom stereocenters. The number of pyridine rings is 1. The second kappa shape index (κ2) is 4.14. The summed E-state index contributed by atoms with van der Waals surface area (Å²) >= 11 is 1.74. The molecule has 4 heteroatoms. The second-order valence-electron chi connectivity index (χ2n) is 3.08. The molecule has 0 bridgehead atoms. The lowest BCUT2D eigenvalue weighted by atomic mass is 10.1. The third kappa shape index (κ3) is 2.09. The molecule has 0 saturated carbocycles. The predicted molar refractivity (Wildman–Crippen MR) is 61.9 cm³/mol. The summed E-state index contributed by atoms with van der Waals surface area (Å²) in [6.07, 6.45) is 1.49. The topological polar surface area (TPSA) is 24.1 Å². The lowest BCUT2D eigenvalue weighted by Crippen LogP contribution is -2.35. The molecule has 2 rings (SSSR count). The average molecular weight is 316 g/mol. The summed E-state index contributed by atoms with van der Waals surface area (Å²) in [7, 11) is 0. The SMILES string of the molecule is O[n+]1cc(-c2ccccc2)cc(F)c1I. The van der Waals surface area contributed by atoms with E-state index in [9.17, 15) is 9.60 Å². The molecule has 2 nitrogen and oxygen atoms in total. The molecule has 0 radical (unpaired) electrons. The van der Waals surface area contributed by atoms with E-state index in [2.05, 4.69) is 0 Å². The van der Waals surface area contributed by atoms with Crippen molar-refractivity contribution in [1.29, 1.82) is 0 Å². The first-order chi connectivity index (χ1) is 7.18. The minimum absolute atomic E-state index is 0.173. The highest BCUT2D eigenvalue weighted by Gasteiger charge is 2.16. The van der Waals surface area contributed by atoms with Gasteiger partial charge in [-0.3, -0.25) is 5.21 Å². The van der Waals surface area contributed by atoms with Crippen LogP contribution >= 0.6 is 22.6 Å². The van der Waals surface area contributed by atoms with Gasteiger partial charge in [-0.15, -0.1) is 0 Å². The summed E-state index contributed by atoms with van der Waals surface area (Å²) in [6.45, 7) is 0. The Morgan fingerprint density at radius 1 is 1.13 bits per heavy atom. The monoisotopic (exact) mass is 316 g/mol. The molecule has 0 spiro atoms. The largest absolute Gasteiger partial charge is 0.327 e. The Balaban J connectivity index is 2.56. The summed E-state index contributed by atoms with van der Waals surface area (Å²) in [5.41, 5.74) is 1.52. The fourth-order valence-corrected chi connectivity index (χ4v) is 1.61. The van der Waals surface area contributed by atoms with Crippen molar-refractivity contribution in [2.75, 3.05) is 0 Å². The van der Waals surface area contributed by atoms with Crippen molar-refractivity contribution in [1.82, 2.24) is 0 Å². The molecular weight excluding hydrogens is 308 g/mol. The Labute approximate surface area is 100 Å². The van der Waals surface area contributed by atoms with E-state index in [1.54, 1.807) is 22.6 Å². The van der Waals surface area contributed by atoms with E-state index in [0.717, 1.165) is 10.3 Å². The summed E-state index contributed by atoms with van der Waals surface area (Å²) in [5.74, 6) is -0.431. The van der Waals surface area contributed by atoms with Crippen molar-refractivity contribution in [3.8, 4) is 11.1 Å². The van der Waals surface area contributed by atoms with Crippen molar-refractivity contribution < 1.29 is 14.3 Å². The van der Waals surface area contributed by atoms with Crippen molar-refractivity contribution in [2.24, 2.45) is 0 Å². The molecule has 0 aliphatic rings. The molecule has 0 amide bonds. The molecule has 0 aliphatic carbocycles. The van der Waals surface area contributed by atoms with Crippen LogP contribution in [0.3, 0.4) is 0 Å². The van der Waals surface area contributed by atoms with Gasteiger partial charge in [0.25, 0.3) is 0 Å². The van der Waals surface area contributed by atoms with Crippen molar-refractivity contribution >= 4 is 22.6 Å². The fraction of sp³-hybridized carbons (Fsp3) is 0. The number of benzene rings is 1. The second-order valence-corrected chi connectivity index (χ2v) is 4.10. The van der Waals surface area contributed by atoms with Crippen molar-refractivity contribution in [3.63, 3.8) is 0 Å². The van der Waals surface area contributed by atoms with E-state index in [0.29, 0.717) is 5.56 Å². The summed E-state index contributed by atoms with van der Waals surface area (Å²) < 4.78 is 14.3. The molecule has 1 N–H and O–H groups in total. The first-order valence-corrected chi connectivity index (χ1v) is 5.42. The maximum absolute atomic E-state index is 13.3. The lowest BCUT2D eigenvalue weighted by molar-refractivity contribution is -0.914. The molecule has 76 valence electrons. The van der Waals surface area contributed by atoms with E-state index in [1.807, 2.05) is 30.3 Å².